The largest absolute Gasteiger partial charge is 0.398 e. The quantitative estimate of drug-likeness (QED) is 0.191. The van der Waals surface area contributed by atoms with Gasteiger partial charge in [0.05, 0.1) is 5.41 Å². The molecular formula is C49H33N. The van der Waals surface area contributed by atoms with Crippen LogP contribution in [0.25, 0.3) is 66.8 Å². The molecule has 2 aliphatic rings. The topological polar surface area (TPSA) is 26.0 Å². The van der Waals surface area contributed by atoms with E-state index in [-0.39, 0.29) is 0 Å². The Labute approximate surface area is 293 Å². The van der Waals surface area contributed by atoms with Crippen molar-refractivity contribution in [1.82, 2.24) is 0 Å². The number of nitrogen functional groups attached to an aromatic ring is 1. The first-order valence-corrected chi connectivity index (χ1v) is 17.3. The highest BCUT2D eigenvalue weighted by Gasteiger charge is 2.53. The summed E-state index contributed by atoms with van der Waals surface area (Å²) in [6.45, 7) is 0. The second-order valence-electron chi connectivity index (χ2n) is 13.4. The molecule has 0 radical (unpaired) electrons. The highest BCUT2D eigenvalue weighted by molar-refractivity contribution is 6.05. The molecule has 8 aromatic rings. The normalized spacial score (nSPS) is 13.0. The van der Waals surface area contributed by atoms with Crippen LogP contribution in [-0.4, -0.2) is 0 Å². The van der Waals surface area contributed by atoms with Gasteiger partial charge in [0.15, 0.2) is 0 Å². The van der Waals surface area contributed by atoms with Crippen molar-refractivity contribution in [3.8, 4) is 66.8 Å². The van der Waals surface area contributed by atoms with Crippen molar-refractivity contribution in [3.05, 3.63) is 210 Å². The summed E-state index contributed by atoms with van der Waals surface area (Å²) in [5.74, 6) is 0. The van der Waals surface area contributed by atoms with E-state index in [1.807, 2.05) is 0 Å². The van der Waals surface area contributed by atoms with Crippen LogP contribution in [0.4, 0.5) is 5.69 Å². The van der Waals surface area contributed by atoms with Crippen molar-refractivity contribution in [2.45, 2.75) is 5.41 Å². The molecule has 0 saturated heterocycles. The maximum absolute atomic E-state index is 7.54. The molecule has 1 spiro atoms. The Balaban J connectivity index is 1.28. The van der Waals surface area contributed by atoms with Crippen LogP contribution in [0.15, 0.2) is 188 Å². The molecule has 0 aromatic heterocycles. The van der Waals surface area contributed by atoms with Gasteiger partial charge in [0.1, 0.15) is 0 Å². The fourth-order valence-corrected chi connectivity index (χ4v) is 8.75. The van der Waals surface area contributed by atoms with Crippen LogP contribution in [-0.2, 0) is 5.41 Å². The predicted molar refractivity (Wildman–Crippen MR) is 209 cm³/mol. The van der Waals surface area contributed by atoms with E-state index >= 15 is 0 Å². The second-order valence-corrected chi connectivity index (χ2v) is 13.4. The zero-order valence-electron chi connectivity index (χ0n) is 27.5. The van der Waals surface area contributed by atoms with E-state index in [0.717, 1.165) is 27.9 Å². The highest BCUT2D eigenvalue weighted by Crippen LogP contribution is 2.65. The van der Waals surface area contributed by atoms with E-state index in [1.54, 1.807) is 0 Å². The number of anilines is 1. The molecule has 0 heterocycles. The fourth-order valence-electron chi connectivity index (χ4n) is 8.75. The van der Waals surface area contributed by atoms with Crippen LogP contribution in [0.1, 0.15) is 22.3 Å². The Morgan fingerprint density at radius 3 is 1.14 bits per heavy atom. The molecular weight excluding hydrogens is 603 g/mol. The molecule has 0 amide bonds. The van der Waals surface area contributed by atoms with Crippen LogP contribution in [0.5, 0.6) is 0 Å². The molecule has 50 heavy (non-hydrogen) atoms. The number of hydrogen-bond acceptors (Lipinski definition) is 1. The van der Waals surface area contributed by atoms with Gasteiger partial charge < -0.3 is 5.73 Å². The molecule has 0 fully saturated rings. The van der Waals surface area contributed by atoms with Gasteiger partial charge in [-0.05, 0) is 84.0 Å². The van der Waals surface area contributed by atoms with E-state index in [2.05, 4.69) is 188 Å². The van der Waals surface area contributed by atoms with Crippen molar-refractivity contribution in [2.75, 3.05) is 5.73 Å². The summed E-state index contributed by atoms with van der Waals surface area (Å²) in [7, 11) is 0. The zero-order chi connectivity index (χ0) is 33.2. The number of rotatable bonds is 4. The van der Waals surface area contributed by atoms with Gasteiger partial charge in [-0.1, -0.05) is 182 Å². The molecule has 0 aliphatic heterocycles. The predicted octanol–water partition coefficient (Wildman–Crippen LogP) is 12.3. The molecule has 234 valence electrons. The third-order valence-electron chi connectivity index (χ3n) is 10.9. The minimum Gasteiger partial charge on any atom is -0.398 e. The van der Waals surface area contributed by atoms with Gasteiger partial charge in [0.2, 0.25) is 0 Å². The Bertz CT molecular complexity index is 2520. The molecule has 0 unspecified atom stereocenters. The van der Waals surface area contributed by atoms with Gasteiger partial charge in [0.25, 0.3) is 0 Å². The molecule has 0 bridgehead atoms. The SMILES string of the molecule is Nc1c(-c2ccc(-c3ccccc3)cc2)cc2c(c1-c1ccc(-c3ccccc3)cc1)C1(c3ccccc3-c3ccccc31)c1ccccc1-2. The summed E-state index contributed by atoms with van der Waals surface area (Å²) in [6.07, 6.45) is 0. The lowest BCUT2D eigenvalue weighted by atomic mass is 9.68. The molecule has 1 heteroatoms. The molecule has 1 nitrogen and oxygen atoms in total. The molecule has 0 saturated carbocycles. The van der Waals surface area contributed by atoms with Crippen LogP contribution in [0.2, 0.25) is 0 Å². The third kappa shape index (κ3) is 4.01. The first kappa shape index (κ1) is 28.6. The average Bonchev–Trinajstić information content (AvgIpc) is 3.66. The van der Waals surface area contributed by atoms with E-state index in [1.165, 1.54) is 66.8 Å². The first-order valence-electron chi connectivity index (χ1n) is 17.3. The molecule has 2 N–H and O–H groups in total. The van der Waals surface area contributed by atoms with Crippen molar-refractivity contribution >= 4 is 5.69 Å². The average molecular weight is 636 g/mol. The fraction of sp³-hybridized carbons (Fsp3) is 0.0204. The molecule has 2 aliphatic carbocycles. The van der Waals surface area contributed by atoms with Gasteiger partial charge >= 0.3 is 0 Å². The van der Waals surface area contributed by atoms with Gasteiger partial charge in [0, 0.05) is 16.8 Å². The van der Waals surface area contributed by atoms with Gasteiger partial charge in [-0.2, -0.15) is 0 Å². The number of nitrogens with two attached hydrogens (primary N) is 1. The smallest absolute Gasteiger partial charge is 0.0732 e. The van der Waals surface area contributed by atoms with Crippen LogP contribution in [0.3, 0.4) is 0 Å². The van der Waals surface area contributed by atoms with E-state index in [0.29, 0.717) is 0 Å². The highest BCUT2D eigenvalue weighted by atomic mass is 14.6. The van der Waals surface area contributed by atoms with Crippen molar-refractivity contribution in [2.24, 2.45) is 0 Å². The van der Waals surface area contributed by atoms with Crippen molar-refractivity contribution < 1.29 is 0 Å². The monoisotopic (exact) mass is 635 g/mol. The summed E-state index contributed by atoms with van der Waals surface area (Å²) in [6, 6.07) is 68.3. The first-order chi connectivity index (χ1) is 24.7. The maximum Gasteiger partial charge on any atom is 0.0732 e. The Hall–Kier alpha value is -6.44. The summed E-state index contributed by atoms with van der Waals surface area (Å²) >= 11 is 0. The molecule has 8 aromatic carbocycles. The number of benzene rings is 8. The number of fused-ring (bicyclic) bond motifs is 10. The van der Waals surface area contributed by atoms with E-state index < -0.39 is 5.41 Å². The summed E-state index contributed by atoms with van der Waals surface area (Å²) in [5, 5.41) is 0. The third-order valence-corrected chi connectivity index (χ3v) is 10.9. The van der Waals surface area contributed by atoms with Gasteiger partial charge in [-0.15, -0.1) is 0 Å². The second kappa shape index (κ2) is 11.1. The van der Waals surface area contributed by atoms with Crippen LogP contribution >= 0.6 is 0 Å². The van der Waals surface area contributed by atoms with Gasteiger partial charge in [-0.3, -0.25) is 0 Å². The Morgan fingerprint density at radius 2 is 0.660 bits per heavy atom. The van der Waals surface area contributed by atoms with Crippen molar-refractivity contribution in [1.29, 1.82) is 0 Å². The van der Waals surface area contributed by atoms with Gasteiger partial charge in [-0.25, -0.2) is 0 Å². The lowest BCUT2D eigenvalue weighted by molar-refractivity contribution is 0.796. The van der Waals surface area contributed by atoms with E-state index in [4.69, 9.17) is 5.73 Å². The lowest BCUT2D eigenvalue weighted by Gasteiger charge is -2.33. The Kier molecular flexibility index (Phi) is 6.31. The number of hydrogen-bond donors (Lipinski definition) is 1. The molecule has 10 rings (SSSR count). The summed E-state index contributed by atoms with van der Waals surface area (Å²) in [4.78, 5) is 0. The molecule has 0 atom stereocenters. The summed E-state index contributed by atoms with van der Waals surface area (Å²) < 4.78 is 0. The summed E-state index contributed by atoms with van der Waals surface area (Å²) in [5.41, 5.74) is 27.3. The van der Waals surface area contributed by atoms with Crippen molar-refractivity contribution in [3.63, 3.8) is 0 Å². The maximum atomic E-state index is 7.54. The Morgan fingerprint density at radius 1 is 0.300 bits per heavy atom. The zero-order valence-corrected chi connectivity index (χ0v) is 27.5. The van der Waals surface area contributed by atoms with Crippen LogP contribution < -0.4 is 5.73 Å². The lowest BCUT2D eigenvalue weighted by Crippen LogP contribution is -2.27. The van der Waals surface area contributed by atoms with E-state index in [9.17, 15) is 0 Å². The van der Waals surface area contributed by atoms with Crippen LogP contribution in [0, 0.1) is 0 Å². The minimum absolute atomic E-state index is 0.504. The standard InChI is InChI=1S/C49H33N/c50-48-41(36-27-23-34(24-28-36)32-13-3-1-4-14-32)31-42-40-19-9-12-22-45(40)49(43-20-10-7-17-38(43)39-18-8-11-21-44(39)49)47(42)46(48)37-29-25-35(26-30-37)33-15-5-2-6-16-33/h1-31H,50H2. The minimum atomic E-state index is -0.504.